The van der Waals surface area contributed by atoms with E-state index in [9.17, 15) is 24.1 Å². The number of hydrogen-bond donors (Lipinski definition) is 3. The smallest absolute Gasteiger partial charge is 0.273 e. The number of aliphatic hydroxyl groups is 3. The first-order valence-electron chi connectivity index (χ1n) is 10.3. The van der Waals surface area contributed by atoms with Crippen LogP contribution < -0.4 is 0 Å². The number of halogens is 3. The van der Waals surface area contributed by atoms with Gasteiger partial charge in [0.1, 0.15) is 0 Å². The van der Waals surface area contributed by atoms with E-state index in [1.807, 2.05) is 6.92 Å². The van der Waals surface area contributed by atoms with Gasteiger partial charge < -0.3 is 20.1 Å². The van der Waals surface area contributed by atoms with Crippen molar-refractivity contribution in [2.75, 3.05) is 33.0 Å². The Balaban J connectivity index is 1.77. The molecule has 0 saturated heterocycles. The Morgan fingerprint density at radius 2 is 2.12 bits per heavy atom. The van der Waals surface area contributed by atoms with E-state index in [1.165, 1.54) is 17.4 Å². The van der Waals surface area contributed by atoms with Crippen LogP contribution in [0.5, 0.6) is 0 Å². The Bertz CT molecular complexity index is 895. The minimum atomic E-state index is -3.00. The fourth-order valence-corrected chi connectivity index (χ4v) is 4.97. The molecule has 1 aliphatic heterocycles. The van der Waals surface area contributed by atoms with E-state index in [0.717, 1.165) is 0 Å². The minimum Gasteiger partial charge on any atom is -0.396 e. The lowest BCUT2D eigenvalue weighted by Gasteiger charge is -2.33. The molecule has 0 unspecified atom stereocenters. The molecule has 0 saturated carbocycles. The number of thiophene rings is 1. The minimum absolute atomic E-state index is 0.121. The van der Waals surface area contributed by atoms with E-state index in [0.29, 0.717) is 41.0 Å². The number of aliphatic hydroxyl groups excluding tert-OH is 2. The van der Waals surface area contributed by atoms with Crippen molar-refractivity contribution in [3.63, 3.8) is 0 Å². The van der Waals surface area contributed by atoms with Gasteiger partial charge in [0.15, 0.2) is 5.60 Å². The highest BCUT2D eigenvalue weighted by Crippen LogP contribution is 2.39. The third-order valence-corrected chi connectivity index (χ3v) is 7.12. The van der Waals surface area contributed by atoms with E-state index in [4.69, 9.17) is 16.3 Å². The number of ether oxygens (including phenoxy) is 1. The Morgan fingerprint density at radius 3 is 2.78 bits per heavy atom. The summed E-state index contributed by atoms with van der Waals surface area (Å²) in [5.74, 6) is 0. The molecule has 12 heteroatoms. The van der Waals surface area contributed by atoms with Gasteiger partial charge in [-0.2, -0.15) is 0 Å². The predicted molar refractivity (Wildman–Crippen MR) is 116 cm³/mol. The lowest BCUT2D eigenvalue weighted by molar-refractivity contribution is -0.148. The quantitative estimate of drug-likeness (QED) is 0.540. The standard InChI is InChI=1S/C20H29ClF2N4O4S/c1-13-8-31-12-20(30,18(22)23)15-5-17(21)32-16(15)3-4-26(13)6-14-7-27(25-24-14)9-19(2,10-28)11-29/h5,7,13,18,28-30H,3-4,6,8-12H2,1-2H3/t13-,20+/m0/s1. The van der Waals surface area contributed by atoms with Gasteiger partial charge in [0, 0.05) is 41.2 Å². The number of rotatable bonds is 7. The first-order chi connectivity index (χ1) is 15.1. The SMILES string of the molecule is C[C@H]1COC[C@](O)(C(F)F)c2cc(Cl)sc2CCN1Cc1cn(CC(C)(CO)CO)nn1. The molecule has 2 aromatic rings. The second kappa shape index (κ2) is 10.4. The van der Waals surface area contributed by atoms with Crippen LogP contribution in [0.2, 0.25) is 4.34 Å². The molecule has 1 aliphatic rings. The van der Waals surface area contributed by atoms with Gasteiger partial charge in [-0.3, -0.25) is 9.58 Å². The third kappa shape index (κ3) is 5.64. The number of aromatic nitrogens is 3. The molecule has 0 radical (unpaired) electrons. The van der Waals surface area contributed by atoms with Crippen LogP contribution in [0.1, 0.15) is 30.0 Å². The highest BCUT2D eigenvalue weighted by atomic mass is 35.5. The number of fused-ring (bicyclic) bond motifs is 1. The molecule has 2 aromatic heterocycles. The van der Waals surface area contributed by atoms with Crippen LogP contribution in [0.4, 0.5) is 8.78 Å². The van der Waals surface area contributed by atoms with Gasteiger partial charge >= 0.3 is 0 Å². The molecule has 0 spiro atoms. The highest BCUT2D eigenvalue weighted by Gasteiger charge is 2.43. The lowest BCUT2D eigenvalue weighted by atomic mass is 9.93. The molecule has 0 bridgehead atoms. The van der Waals surface area contributed by atoms with Gasteiger partial charge in [0.25, 0.3) is 6.43 Å². The van der Waals surface area contributed by atoms with E-state index in [1.54, 1.807) is 17.8 Å². The maximum absolute atomic E-state index is 13.7. The van der Waals surface area contributed by atoms with Crippen molar-refractivity contribution in [3.8, 4) is 0 Å². The Kier molecular flexibility index (Phi) is 8.24. The fraction of sp³-hybridized carbons (Fsp3) is 0.700. The molecular formula is C20H29ClF2N4O4S. The summed E-state index contributed by atoms with van der Waals surface area (Å²) >= 11 is 7.28. The molecular weight excluding hydrogens is 466 g/mol. The van der Waals surface area contributed by atoms with Crippen molar-refractivity contribution in [1.82, 2.24) is 19.9 Å². The zero-order valence-electron chi connectivity index (χ0n) is 18.0. The molecule has 3 rings (SSSR count). The molecule has 0 fully saturated rings. The normalized spacial score (nSPS) is 23.5. The number of hydrogen-bond acceptors (Lipinski definition) is 8. The van der Waals surface area contributed by atoms with Crippen LogP contribution in [0.3, 0.4) is 0 Å². The van der Waals surface area contributed by atoms with Crippen LogP contribution in [-0.4, -0.2) is 80.7 Å². The Labute approximate surface area is 194 Å². The van der Waals surface area contributed by atoms with Crippen molar-refractivity contribution in [1.29, 1.82) is 0 Å². The fourth-order valence-electron chi connectivity index (χ4n) is 3.63. The molecule has 2 atom stereocenters. The summed E-state index contributed by atoms with van der Waals surface area (Å²) in [6.07, 6.45) is -0.803. The van der Waals surface area contributed by atoms with Crippen molar-refractivity contribution >= 4 is 22.9 Å². The summed E-state index contributed by atoms with van der Waals surface area (Å²) in [6.45, 7) is 4.22. The zero-order chi connectivity index (χ0) is 23.5. The molecule has 3 heterocycles. The van der Waals surface area contributed by atoms with Gasteiger partial charge in [0.05, 0.1) is 43.0 Å². The van der Waals surface area contributed by atoms with Crippen molar-refractivity contribution in [3.05, 3.63) is 32.7 Å². The van der Waals surface area contributed by atoms with Crippen molar-refractivity contribution in [2.45, 2.75) is 51.4 Å². The van der Waals surface area contributed by atoms with E-state index in [-0.39, 0.29) is 31.4 Å². The van der Waals surface area contributed by atoms with E-state index >= 15 is 0 Å². The second-order valence-corrected chi connectivity index (χ2v) is 10.5. The van der Waals surface area contributed by atoms with Gasteiger partial charge in [-0.25, -0.2) is 8.78 Å². The largest absolute Gasteiger partial charge is 0.396 e. The summed E-state index contributed by atoms with van der Waals surface area (Å²) in [5.41, 5.74) is -2.29. The molecule has 0 aromatic carbocycles. The van der Waals surface area contributed by atoms with Crippen LogP contribution in [-0.2, 0) is 29.8 Å². The topological polar surface area (TPSA) is 104 Å². The van der Waals surface area contributed by atoms with Gasteiger partial charge in [-0.1, -0.05) is 23.7 Å². The summed E-state index contributed by atoms with van der Waals surface area (Å²) in [5, 5.41) is 37.9. The third-order valence-electron chi connectivity index (χ3n) is 5.80. The monoisotopic (exact) mass is 494 g/mol. The molecule has 0 amide bonds. The predicted octanol–water partition coefficient (Wildman–Crippen LogP) is 1.90. The summed E-state index contributed by atoms with van der Waals surface area (Å²) in [6, 6.07) is 1.27. The molecule has 0 aliphatic carbocycles. The maximum atomic E-state index is 13.7. The van der Waals surface area contributed by atoms with Crippen LogP contribution in [0.25, 0.3) is 0 Å². The van der Waals surface area contributed by atoms with Gasteiger partial charge in [-0.05, 0) is 19.4 Å². The Hall–Kier alpha value is -1.21. The molecule has 180 valence electrons. The zero-order valence-corrected chi connectivity index (χ0v) is 19.6. The first kappa shape index (κ1) is 25.4. The van der Waals surface area contributed by atoms with Crippen molar-refractivity contribution in [2.24, 2.45) is 5.41 Å². The van der Waals surface area contributed by atoms with Crippen LogP contribution in [0, 0.1) is 5.41 Å². The summed E-state index contributed by atoms with van der Waals surface area (Å²) in [4.78, 5) is 2.71. The second-order valence-electron chi connectivity index (χ2n) is 8.73. The van der Waals surface area contributed by atoms with Crippen LogP contribution in [0.15, 0.2) is 12.3 Å². The average molecular weight is 495 g/mol. The first-order valence-corrected chi connectivity index (χ1v) is 11.5. The lowest BCUT2D eigenvalue weighted by Crippen LogP contribution is -2.44. The average Bonchev–Trinajstić information content (AvgIpc) is 3.35. The molecule has 32 heavy (non-hydrogen) atoms. The maximum Gasteiger partial charge on any atom is 0.273 e. The van der Waals surface area contributed by atoms with Gasteiger partial charge in [-0.15, -0.1) is 16.4 Å². The summed E-state index contributed by atoms with van der Waals surface area (Å²) < 4.78 is 34.9. The number of alkyl halides is 2. The molecule has 3 N–H and O–H groups in total. The Morgan fingerprint density at radius 1 is 1.41 bits per heavy atom. The number of nitrogens with zero attached hydrogens (tertiary/aromatic N) is 4. The molecule has 8 nitrogen and oxygen atoms in total. The van der Waals surface area contributed by atoms with Gasteiger partial charge in [0.2, 0.25) is 0 Å². The van der Waals surface area contributed by atoms with E-state index in [2.05, 4.69) is 15.2 Å². The van der Waals surface area contributed by atoms with Crippen LogP contribution >= 0.6 is 22.9 Å². The summed E-state index contributed by atoms with van der Waals surface area (Å²) in [7, 11) is 0. The highest BCUT2D eigenvalue weighted by molar-refractivity contribution is 7.16. The van der Waals surface area contributed by atoms with Crippen molar-refractivity contribution < 1.29 is 28.8 Å². The van der Waals surface area contributed by atoms with E-state index < -0.39 is 24.0 Å².